The summed E-state index contributed by atoms with van der Waals surface area (Å²) < 4.78 is 0. The fourth-order valence-electron chi connectivity index (χ4n) is 1.83. The normalized spacial score (nSPS) is 19.3. The number of hydrogen-bond donors (Lipinski definition) is 2. The highest BCUT2D eigenvalue weighted by atomic mass is 35.5. The Morgan fingerprint density at radius 2 is 2.29 bits per heavy atom. The van der Waals surface area contributed by atoms with Crippen LogP contribution in [0, 0.1) is 6.92 Å². The highest BCUT2D eigenvalue weighted by Crippen LogP contribution is 2.29. The number of amides is 2. The fraction of sp³-hybridized carbons (Fsp3) is 0.273. The van der Waals surface area contributed by atoms with E-state index in [-0.39, 0.29) is 6.54 Å². The van der Waals surface area contributed by atoms with Crippen LogP contribution in [0.4, 0.5) is 10.5 Å². The molecule has 1 saturated heterocycles. The molecule has 0 radical (unpaired) electrons. The SMILES string of the molecule is Cc1c(Cl)cccc1N1C(=O)NCC1C(=O)O. The van der Waals surface area contributed by atoms with E-state index in [0.29, 0.717) is 16.3 Å². The van der Waals surface area contributed by atoms with Crippen LogP contribution in [-0.4, -0.2) is 29.7 Å². The van der Waals surface area contributed by atoms with Gasteiger partial charge in [-0.25, -0.2) is 9.59 Å². The van der Waals surface area contributed by atoms with Crippen LogP contribution in [0.25, 0.3) is 0 Å². The predicted octanol–water partition coefficient (Wildman–Crippen LogP) is 1.63. The van der Waals surface area contributed by atoms with Gasteiger partial charge in [0.05, 0.1) is 12.2 Å². The Labute approximate surface area is 103 Å². The second kappa shape index (κ2) is 4.25. The van der Waals surface area contributed by atoms with Gasteiger partial charge in [0.2, 0.25) is 0 Å². The number of rotatable bonds is 2. The molecule has 0 aliphatic carbocycles. The summed E-state index contributed by atoms with van der Waals surface area (Å²) in [6, 6.07) is 3.77. The van der Waals surface area contributed by atoms with E-state index in [9.17, 15) is 9.59 Å². The molecule has 1 aromatic carbocycles. The first-order valence-corrected chi connectivity index (χ1v) is 5.45. The molecule has 1 fully saturated rings. The minimum Gasteiger partial charge on any atom is -0.480 e. The van der Waals surface area contributed by atoms with Crippen molar-refractivity contribution in [2.24, 2.45) is 0 Å². The van der Waals surface area contributed by atoms with E-state index in [1.54, 1.807) is 25.1 Å². The van der Waals surface area contributed by atoms with Crippen molar-refractivity contribution in [2.75, 3.05) is 11.4 Å². The van der Waals surface area contributed by atoms with Crippen LogP contribution in [0.3, 0.4) is 0 Å². The molecule has 0 saturated carbocycles. The van der Waals surface area contributed by atoms with Gasteiger partial charge in [-0.1, -0.05) is 17.7 Å². The summed E-state index contributed by atoms with van der Waals surface area (Å²) in [5.74, 6) is -1.04. The smallest absolute Gasteiger partial charge is 0.328 e. The van der Waals surface area contributed by atoms with Gasteiger partial charge in [0.15, 0.2) is 6.04 Å². The molecule has 2 rings (SSSR count). The van der Waals surface area contributed by atoms with Gasteiger partial charge in [0, 0.05) is 5.02 Å². The van der Waals surface area contributed by atoms with E-state index in [2.05, 4.69) is 5.32 Å². The summed E-state index contributed by atoms with van der Waals surface area (Å²) in [6.45, 7) is 1.85. The largest absolute Gasteiger partial charge is 0.480 e. The molecular formula is C11H11ClN2O3. The number of nitrogens with one attached hydrogen (secondary N) is 1. The van der Waals surface area contributed by atoms with Crippen molar-refractivity contribution in [1.82, 2.24) is 5.32 Å². The minimum absolute atomic E-state index is 0.0973. The number of carboxylic acids is 1. The van der Waals surface area contributed by atoms with Gasteiger partial charge in [0.1, 0.15) is 0 Å². The van der Waals surface area contributed by atoms with E-state index in [1.807, 2.05) is 0 Å². The predicted molar refractivity (Wildman–Crippen MR) is 63.5 cm³/mol. The lowest BCUT2D eigenvalue weighted by Gasteiger charge is -2.22. The number of hydrogen-bond acceptors (Lipinski definition) is 2. The number of nitrogens with zero attached hydrogens (tertiary/aromatic N) is 1. The van der Waals surface area contributed by atoms with Crippen molar-refractivity contribution in [3.05, 3.63) is 28.8 Å². The third-order valence-electron chi connectivity index (χ3n) is 2.76. The Morgan fingerprint density at radius 1 is 1.59 bits per heavy atom. The molecule has 6 heteroatoms. The molecule has 2 N–H and O–H groups in total. The molecule has 17 heavy (non-hydrogen) atoms. The zero-order chi connectivity index (χ0) is 12.6. The molecule has 0 bridgehead atoms. The van der Waals surface area contributed by atoms with Crippen LogP contribution in [0.2, 0.25) is 5.02 Å². The molecular weight excluding hydrogens is 244 g/mol. The second-order valence-electron chi connectivity index (χ2n) is 3.79. The number of carbonyl (C=O) groups excluding carboxylic acids is 1. The Hall–Kier alpha value is -1.75. The molecule has 1 atom stereocenters. The number of anilines is 1. The molecule has 0 aromatic heterocycles. The minimum atomic E-state index is -1.04. The van der Waals surface area contributed by atoms with Crippen LogP contribution in [0.5, 0.6) is 0 Å². The molecule has 1 aliphatic heterocycles. The van der Waals surface area contributed by atoms with Gasteiger partial charge in [-0.3, -0.25) is 4.90 Å². The highest BCUT2D eigenvalue weighted by Gasteiger charge is 2.37. The quantitative estimate of drug-likeness (QED) is 0.843. The van der Waals surface area contributed by atoms with Gasteiger partial charge in [0.25, 0.3) is 0 Å². The maximum atomic E-state index is 11.7. The standard InChI is InChI=1S/C11H11ClN2O3/c1-6-7(12)3-2-4-8(6)14-9(10(15)16)5-13-11(14)17/h2-4,9H,5H2,1H3,(H,13,17)(H,15,16). The topological polar surface area (TPSA) is 69.6 Å². The van der Waals surface area contributed by atoms with Crippen LogP contribution >= 0.6 is 11.6 Å². The molecule has 1 aromatic rings. The van der Waals surface area contributed by atoms with E-state index in [4.69, 9.17) is 16.7 Å². The molecule has 90 valence electrons. The summed E-state index contributed by atoms with van der Waals surface area (Å²) in [4.78, 5) is 23.9. The summed E-state index contributed by atoms with van der Waals surface area (Å²) in [5.41, 5.74) is 1.22. The molecule has 2 amide bonds. The third-order valence-corrected chi connectivity index (χ3v) is 3.17. The highest BCUT2D eigenvalue weighted by molar-refractivity contribution is 6.31. The molecule has 1 heterocycles. The Bertz CT molecular complexity index is 490. The molecule has 1 unspecified atom stereocenters. The zero-order valence-electron chi connectivity index (χ0n) is 9.11. The van der Waals surface area contributed by atoms with Crippen molar-refractivity contribution >= 4 is 29.3 Å². The van der Waals surface area contributed by atoms with Gasteiger partial charge in [-0.05, 0) is 24.6 Å². The number of urea groups is 1. The maximum absolute atomic E-state index is 11.7. The average Bonchev–Trinajstić information content (AvgIpc) is 2.65. The van der Waals surface area contributed by atoms with Gasteiger partial charge in [-0.15, -0.1) is 0 Å². The number of carboxylic acid groups (broad SMARTS) is 1. The first-order chi connectivity index (χ1) is 8.02. The number of benzene rings is 1. The Kier molecular flexibility index (Phi) is 2.93. The first kappa shape index (κ1) is 11.7. The molecule has 0 spiro atoms. The van der Waals surface area contributed by atoms with E-state index in [0.717, 1.165) is 0 Å². The summed E-state index contributed by atoms with van der Waals surface area (Å²) in [7, 11) is 0. The number of carbonyl (C=O) groups is 2. The van der Waals surface area contributed by atoms with Crippen molar-refractivity contribution in [3.8, 4) is 0 Å². The van der Waals surface area contributed by atoms with Crippen LogP contribution < -0.4 is 10.2 Å². The third kappa shape index (κ3) is 1.93. The van der Waals surface area contributed by atoms with Gasteiger partial charge >= 0.3 is 12.0 Å². The Morgan fingerprint density at radius 3 is 2.94 bits per heavy atom. The van der Waals surface area contributed by atoms with Gasteiger partial charge < -0.3 is 10.4 Å². The first-order valence-electron chi connectivity index (χ1n) is 5.07. The lowest BCUT2D eigenvalue weighted by molar-refractivity contribution is -0.137. The fourth-order valence-corrected chi connectivity index (χ4v) is 2.00. The van der Waals surface area contributed by atoms with E-state index >= 15 is 0 Å². The van der Waals surface area contributed by atoms with Crippen molar-refractivity contribution in [3.63, 3.8) is 0 Å². The maximum Gasteiger partial charge on any atom is 0.328 e. The van der Waals surface area contributed by atoms with Crippen molar-refractivity contribution < 1.29 is 14.7 Å². The summed E-state index contributed by atoms with van der Waals surface area (Å²) >= 11 is 5.96. The van der Waals surface area contributed by atoms with Crippen LogP contribution in [-0.2, 0) is 4.79 Å². The lowest BCUT2D eigenvalue weighted by atomic mass is 10.1. The van der Waals surface area contributed by atoms with Crippen LogP contribution in [0.15, 0.2) is 18.2 Å². The molecule has 1 aliphatic rings. The van der Waals surface area contributed by atoms with E-state index < -0.39 is 18.0 Å². The second-order valence-corrected chi connectivity index (χ2v) is 4.20. The average molecular weight is 255 g/mol. The van der Waals surface area contributed by atoms with Crippen molar-refractivity contribution in [2.45, 2.75) is 13.0 Å². The number of halogens is 1. The lowest BCUT2D eigenvalue weighted by Crippen LogP contribution is -2.40. The number of aliphatic carboxylic acids is 1. The van der Waals surface area contributed by atoms with Crippen molar-refractivity contribution in [1.29, 1.82) is 0 Å². The molecule has 5 nitrogen and oxygen atoms in total. The summed E-state index contributed by atoms with van der Waals surface area (Å²) in [5, 5.41) is 12.1. The zero-order valence-corrected chi connectivity index (χ0v) is 9.86. The Balaban J connectivity index is 2.47. The summed E-state index contributed by atoms with van der Waals surface area (Å²) in [6.07, 6.45) is 0. The van der Waals surface area contributed by atoms with E-state index in [1.165, 1.54) is 4.90 Å². The van der Waals surface area contributed by atoms with Crippen LogP contribution in [0.1, 0.15) is 5.56 Å². The monoisotopic (exact) mass is 254 g/mol. The van der Waals surface area contributed by atoms with Gasteiger partial charge in [-0.2, -0.15) is 0 Å².